The second kappa shape index (κ2) is 7.46. The number of nitrogens with one attached hydrogen (secondary N) is 2. The van der Waals surface area contributed by atoms with Gasteiger partial charge in [0, 0.05) is 17.5 Å². The van der Waals surface area contributed by atoms with Crippen LogP contribution in [0, 0.1) is 12.8 Å². The third-order valence-corrected chi connectivity index (χ3v) is 6.50. The number of aliphatic imine (C=N–C) groups is 1. The highest BCUT2D eigenvalue weighted by Gasteiger charge is 2.27. The molecule has 1 atom stereocenters. The first kappa shape index (κ1) is 17.3. The molecule has 2 N–H and O–H groups in total. The molecule has 0 amide bonds. The second-order valence-corrected chi connectivity index (χ2v) is 9.37. The van der Waals surface area contributed by atoms with Crippen LogP contribution in [0.1, 0.15) is 30.7 Å². The minimum atomic E-state index is -2.82. The van der Waals surface area contributed by atoms with Crippen molar-refractivity contribution >= 4 is 27.1 Å². The van der Waals surface area contributed by atoms with Gasteiger partial charge in [0.05, 0.1) is 18.1 Å². The van der Waals surface area contributed by atoms with E-state index in [1.807, 2.05) is 0 Å². The average molecular weight is 344 g/mol. The van der Waals surface area contributed by atoms with Gasteiger partial charge in [-0.2, -0.15) is 0 Å². The maximum atomic E-state index is 11.5. The van der Waals surface area contributed by atoms with Crippen LogP contribution in [0.3, 0.4) is 0 Å². The first-order valence-electron chi connectivity index (χ1n) is 7.64. The third kappa shape index (κ3) is 5.28. The zero-order chi connectivity index (χ0) is 16.2. The summed E-state index contributed by atoms with van der Waals surface area (Å²) in [6.45, 7) is 7.52. The fourth-order valence-corrected chi connectivity index (χ4v) is 5.11. The van der Waals surface area contributed by atoms with Crippen LogP contribution in [0.15, 0.2) is 16.4 Å². The SMILES string of the molecule is Cc1ccsc1CN=C(NCC1CCS(=O)(=O)C1)NC(C)C. The van der Waals surface area contributed by atoms with Crippen LogP contribution < -0.4 is 10.6 Å². The molecule has 1 aromatic rings. The van der Waals surface area contributed by atoms with Crippen molar-refractivity contribution in [1.82, 2.24) is 10.6 Å². The van der Waals surface area contributed by atoms with Crippen LogP contribution >= 0.6 is 11.3 Å². The summed E-state index contributed by atoms with van der Waals surface area (Å²) in [7, 11) is -2.82. The van der Waals surface area contributed by atoms with Crippen LogP contribution in [0.4, 0.5) is 0 Å². The Balaban J connectivity index is 1.93. The monoisotopic (exact) mass is 343 g/mol. The quantitative estimate of drug-likeness (QED) is 0.633. The van der Waals surface area contributed by atoms with E-state index in [4.69, 9.17) is 0 Å². The van der Waals surface area contributed by atoms with Gasteiger partial charge in [0.2, 0.25) is 0 Å². The molecule has 0 spiro atoms. The molecule has 0 radical (unpaired) electrons. The summed E-state index contributed by atoms with van der Waals surface area (Å²) in [5.74, 6) is 1.55. The Kier molecular flexibility index (Phi) is 5.86. The fourth-order valence-electron chi connectivity index (χ4n) is 2.42. The van der Waals surface area contributed by atoms with Gasteiger partial charge in [-0.15, -0.1) is 11.3 Å². The highest BCUT2D eigenvalue weighted by atomic mass is 32.2. The fraction of sp³-hybridized carbons (Fsp3) is 0.667. The average Bonchev–Trinajstić information content (AvgIpc) is 2.98. The Morgan fingerprint density at radius 2 is 2.27 bits per heavy atom. The molecule has 1 aliphatic rings. The van der Waals surface area contributed by atoms with Gasteiger partial charge < -0.3 is 10.6 Å². The Labute approximate surface area is 137 Å². The van der Waals surface area contributed by atoms with Crippen LogP contribution in [-0.2, 0) is 16.4 Å². The number of nitrogens with zero attached hydrogens (tertiary/aromatic N) is 1. The highest BCUT2D eigenvalue weighted by Crippen LogP contribution is 2.18. The molecule has 1 aliphatic heterocycles. The summed E-state index contributed by atoms with van der Waals surface area (Å²) in [5.41, 5.74) is 1.26. The minimum Gasteiger partial charge on any atom is -0.356 e. The van der Waals surface area contributed by atoms with Gasteiger partial charge in [-0.3, -0.25) is 0 Å². The molecule has 124 valence electrons. The smallest absolute Gasteiger partial charge is 0.191 e. The summed E-state index contributed by atoms with van der Waals surface area (Å²) in [5, 5.41) is 8.67. The first-order valence-corrected chi connectivity index (χ1v) is 10.3. The predicted molar refractivity (Wildman–Crippen MR) is 93.2 cm³/mol. The first-order chi connectivity index (χ1) is 10.4. The van der Waals surface area contributed by atoms with Crippen molar-refractivity contribution in [3.05, 3.63) is 21.9 Å². The molecule has 1 unspecified atom stereocenters. The van der Waals surface area contributed by atoms with E-state index in [0.717, 1.165) is 12.4 Å². The van der Waals surface area contributed by atoms with Crippen LogP contribution in [-0.4, -0.2) is 38.5 Å². The lowest BCUT2D eigenvalue weighted by Crippen LogP contribution is -2.43. The van der Waals surface area contributed by atoms with Crippen molar-refractivity contribution < 1.29 is 8.42 Å². The maximum absolute atomic E-state index is 11.5. The molecule has 2 rings (SSSR count). The molecule has 1 fully saturated rings. The topological polar surface area (TPSA) is 70.6 Å². The molecule has 0 saturated carbocycles. The van der Waals surface area contributed by atoms with Crippen LogP contribution in [0.5, 0.6) is 0 Å². The van der Waals surface area contributed by atoms with Crippen molar-refractivity contribution in [3.63, 3.8) is 0 Å². The summed E-state index contributed by atoms with van der Waals surface area (Å²) < 4.78 is 23.0. The van der Waals surface area contributed by atoms with E-state index in [9.17, 15) is 8.42 Å². The van der Waals surface area contributed by atoms with Crippen LogP contribution in [0.25, 0.3) is 0 Å². The number of hydrogen-bond donors (Lipinski definition) is 2. The molecule has 1 aromatic heterocycles. The standard InChI is InChI=1S/C15H25N3O2S2/c1-11(2)18-15(17-9-14-12(3)4-6-21-14)16-8-13-5-7-22(19,20)10-13/h4,6,11,13H,5,7-10H2,1-3H3,(H2,16,17,18). The summed E-state index contributed by atoms with van der Waals surface area (Å²) in [6.07, 6.45) is 0.744. The Hall–Kier alpha value is -1.08. The zero-order valence-corrected chi connectivity index (χ0v) is 15.1. The minimum absolute atomic E-state index is 0.188. The Morgan fingerprint density at radius 3 is 2.82 bits per heavy atom. The summed E-state index contributed by atoms with van der Waals surface area (Å²) in [6, 6.07) is 2.38. The normalized spacial score (nSPS) is 21.3. The third-order valence-electron chi connectivity index (χ3n) is 3.66. The van der Waals surface area contributed by atoms with E-state index in [-0.39, 0.29) is 12.0 Å². The molecule has 0 aromatic carbocycles. The van der Waals surface area contributed by atoms with Gasteiger partial charge in [0.25, 0.3) is 0 Å². The number of guanidine groups is 1. The highest BCUT2D eigenvalue weighted by molar-refractivity contribution is 7.91. The van der Waals surface area contributed by atoms with E-state index < -0.39 is 9.84 Å². The van der Waals surface area contributed by atoms with Gasteiger partial charge in [-0.05, 0) is 50.1 Å². The van der Waals surface area contributed by atoms with E-state index >= 15 is 0 Å². The van der Waals surface area contributed by atoms with E-state index in [1.165, 1.54) is 10.4 Å². The van der Waals surface area contributed by atoms with E-state index in [2.05, 4.69) is 47.8 Å². The van der Waals surface area contributed by atoms with E-state index in [0.29, 0.717) is 24.6 Å². The number of thiophene rings is 1. The number of sulfone groups is 1. The lowest BCUT2D eigenvalue weighted by Gasteiger charge is -2.17. The molecular formula is C15H25N3O2S2. The Bertz CT molecular complexity index is 620. The number of rotatable bonds is 5. The van der Waals surface area contributed by atoms with Gasteiger partial charge in [-0.25, -0.2) is 13.4 Å². The Morgan fingerprint density at radius 1 is 1.50 bits per heavy atom. The lowest BCUT2D eigenvalue weighted by atomic mass is 10.1. The van der Waals surface area contributed by atoms with Crippen molar-refractivity contribution in [2.75, 3.05) is 18.1 Å². The molecule has 0 bridgehead atoms. The van der Waals surface area contributed by atoms with Crippen molar-refractivity contribution in [2.45, 2.75) is 39.8 Å². The molecule has 1 saturated heterocycles. The van der Waals surface area contributed by atoms with Gasteiger partial charge in [0.15, 0.2) is 15.8 Å². The van der Waals surface area contributed by atoms with Crippen molar-refractivity contribution in [3.8, 4) is 0 Å². The summed E-state index contributed by atoms with van der Waals surface area (Å²) >= 11 is 1.71. The van der Waals surface area contributed by atoms with Gasteiger partial charge >= 0.3 is 0 Å². The lowest BCUT2D eigenvalue weighted by molar-refractivity contribution is 0.562. The number of hydrogen-bond acceptors (Lipinski definition) is 4. The van der Waals surface area contributed by atoms with Gasteiger partial charge in [-0.1, -0.05) is 0 Å². The molecule has 2 heterocycles. The van der Waals surface area contributed by atoms with Crippen LogP contribution in [0.2, 0.25) is 0 Å². The van der Waals surface area contributed by atoms with Gasteiger partial charge in [0.1, 0.15) is 0 Å². The molecule has 7 heteroatoms. The van der Waals surface area contributed by atoms with Crippen molar-refractivity contribution in [1.29, 1.82) is 0 Å². The molecule has 0 aliphatic carbocycles. The molecule has 5 nitrogen and oxygen atoms in total. The molecular weight excluding hydrogens is 318 g/mol. The van der Waals surface area contributed by atoms with E-state index in [1.54, 1.807) is 11.3 Å². The maximum Gasteiger partial charge on any atom is 0.191 e. The number of aryl methyl sites for hydroxylation is 1. The summed E-state index contributed by atoms with van der Waals surface area (Å²) in [4.78, 5) is 5.88. The van der Waals surface area contributed by atoms with Crippen molar-refractivity contribution in [2.24, 2.45) is 10.9 Å². The predicted octanol–water partition coefficient (Wildman–Crippen LogP) is 1.93. The zero-order valence-electron chi connectivity index (χ0n) is 13.4. The molecule has 22 heavy (non-hydrogen) atoms. The second-order valence-electron chi connectivity index (χ2n) is 6.14. The largest absolute Gasteiger partial charge is 0.356 e.